The van der Waals surface area contributed by atoms with Crippen molar-refractivity contribution in [3.63, 3.8) is 0 Å². The van der Waals surface area contributed by atoms with Gasteiger partial charge < -0.3 is 5.11 Å². The molecule has 0 aliphatic heterocycles. The Balaban J connectivity index is 0. The molecule has 36 valence electrons. The van der Waals surface area contributed by atoms with E-state index in [-0.39, 0.29) is 6.47 Å². The number of rotatable bonds is 0. The van der Waals surface area contributed by atoms with Crippen LogP contribution in [0.2, 0.25) is 0 Å². The Morgan fingerprint density at radius 2 is 1.83 bits per heavy atom. The summed E-state index contributed by atoms with van der Waals surface area (Å²) < 4.78 is 0. The molecular weight excluding hydrogens is 148 g/mol. The zero-order chi connectivity index (χ0) is 5.41. The van der Waals surface area contributed by atoms with Crippen LogP contribution in [0, 0.1) is 0 Å². The molecule has 0 aromatic rings. The predicted octanol–water partition coefficient (Wildman–Crippen LogP) is 1.23. The maximum absolute atomic E-state index is 8.36. The number of halogens is 1. The number of carboxylic acid groups (broad SMARTS) is 1. The van der Waals surface area contributed by atoms with Crippen LogP contribution in [0.25, 0.3) is 0 Å². The number of hydrogen-bond acceptors (Lipinski definition) is 1. The van der Waals surface area contributed by atoms with Crippen molar-refractivity contribution in [3.05, 3.63) is 11.6 Å². The molecule has 0 atom stereocenters. The highest BCUT2D eigenvalue weighted by atomic mass is 79.9. The molecule has 0 radical (unpaired) electrons. The minimum Gasteiger partial charge on any atom is -0.483 e. The molecule has 0 aliphatic carbocycles. The van der Waals surface area contributed by atoms with E-state index in [9.17, 15) is 0 Å². The average molecular weight is 153 g/mol. The van der Waals surface area contributed by atoms with E-state index in [0.29, 0.717) is 0 Å². The van der Waals surface area contributed by atoms with Gasteiger partial charge in [0.05, 0.1) is 0 Å². The van der Waals surface area contributed by atoms with E-state index in [1.807, 2.05) is 0 Å². The largest absolute Gasteiger partial charge is 0.483 e. The summed E-state index contributed by atoms with van der Waals surface area (Å²) in [7, 11) is 0. The van der Waals surface area contributed by atoms with Crippen LogP contribution in [0.1, 0.15) is 0 Å². The molecule has 0 fully saturated rings. The Morgan fingerprint density at radius 1 is 1.83 bits per heavy atom. The minimum absolute atomic E-state index is 0.250. The van der Waals surface area contributed by atoms with Gasteiger partial charge >= 0.3 is 0 Å². The van der Waals surface area contributed by atoms with Gasteiger partial charge in [0.25, 0.3) is 6.47 Å². The van der Waals surface area contributed by atoms with Crippen LogP contribution in [-0.2, 0) is 4.79 Å². The van der Waals surface area contributed by atoms with E-state index in [1.54, 1.807) is 4.99 Å². The van der Waals surface area contributed by atoms with Crippen molar-refractivity contribution in [2.45, 2.75) is 0 Å². The van der Waals surface area contributed by atoms with Crippen LogP contribution < -0.4 is 0 Å². The third-order valence-corrected chi connectivity index (χ3v) is 0. The molecule has 0 bridgehead atoms. The molecule has 0 amide bonds. The Hall–Kier alpha value is -0.310. The van der Waals surface area contributed by atoms with E-state index in [2.05, 4.69) is 22.5 Å². The van der Waals surface area contributed by atoms with E-state index >= 15 is 0 Å². The molecule has 0 saturated heterocycles. The van der Waals surface area contributed by atoms with Crippen LogP contribution in [0.4, 0.5) is 0 Å². The van der Waals surface area contributed by atoms with Gasteiger partial charge in [-0.15, -0.1) is 0 Å². The lowest BCUT2D eigenvalue weighted by molar-refractivity contribution is -0.122. The highest BCUT2D eigenvalue weighted by Crippen LogP contribution is 1.68. The summed E-state index contributed by atoms with van der Waals surface area (Å²) in [4.78, 5) is 9.92. The lowest BCUT2D eigenvalue weighted by Crippen LogP contribution is -1.49. The fraction of sp³-hybridized carbons (Fsp3) is 0. The first-order valence-electron chi connectivity index (χ1n) is 1.12. The van der Waals surface area contributed by atoms with Crippen molar-refractivity contribution in [1.82, 2.24) is 0 Å². The molecule has 2 nitrogen and oxygen atoms in total. The van der Waals surface area contributed by atoms with E-state index < -0.39 is 0 Å². The molecule has 1 N–H and O–H groups in total. The Morgan fingerprint density at radius 3 is 1.83 bits per heavy atom. The maximum Gasteiger partial charge on any atom is 0.290 e. The van der Waals surface area contributed by atoms with Crippen molar-refractivity contribution in [2.24, 2.45) is 0 Å². The summed E-state index contributed by atoms with van der Waals surface area (Å²) in [5.74, 6) is 0. The van der Waals surface area contributed by atoms with Gasteiger partial charge in [-0.2, -0.15) is 0 Å². The van der Waals surface area contributed by atoms with Crippen LogP contribution in [0.15, 0.2) is 11.6 Å². The Labute approximate surface area is 44.6 Å². The molecule has 0 heterocycles. The highest BCUT2D eigenvalue weighted by molar-refractivity contribution is 9.11. The molecule has 0 aromatic carbocycles. The second-order valence-electron chi connectivity index (χ2n) is 0.260. The normalized spacial score (nSPS) is 4.17. The number of carbonyl (C=O) groups is 1. The summed E-state index contributed by atoms with van der Waals surface area (Å²) in [6, 6.07) is 0. The zero-order valence-corrected chi connectivity index (χ0v) is 4.68. The maximum atomic E-state index is 8.36. The van der Waals surface area contributed by atoms with Gasteiger partial charge in [0.1, 0.15) is 0 Å². The quantitative estimate of drug-likeness (QED) is 0.531. The van der Waals surface area contributed by atoms with Crippen molar-refractivity contribution < 1.29 is 9.90 Å². The second kappa shape index (κ2) is 22.4. The van der Waals surface area contributed by atoms with Crippen molar-refractivity contribution >= 4 is 22.4 Å². The molecule has 0 spiro atoms. The fourth-order valence-electron chi connectivity index (χ4n) is 0. The standard InChI is InChI=1S/C2H3Br.CH2O2/c1-2-3;2-1-3/h2H,1H2;1H,(H,2,3). The van der Waals surface area contributed by atoms with Gasteiger partial charge in [-0.05, 0) is 4.99 Å². The van der Waals surface area contributed by atoms with E-state index in [4.69, 9.17) is 9.90 Å². The topological polar surface area (TPSA) is 37.3 Å². The van der Waals surface area contributed by atoms with Crippen LogP contribution in [0.5, 0.6) is 0 Å². The first kappa shape index (κ1) is 9.19. The van der Waals surface area contributed by atoms with Gasteiger partial charge in [0, 0.05) is 0 Å². The van der Waals surface area contributed by atoms with Crippen LogP contribution >= 0.6 is 15.9 Å². The zero-order valence-electron chi connectivity index (χ0n) is 3.10. The predicted molar refractivity (Wildman–Crippen MR) is 27.8 cm³/mol. The van der Waals surface area contributed by atoms with Gasteiger partial charge in [0.15, 0.2) is 0 Å². The first-order chi connectivity index (χ1) is 2.83. The summed E-state index contributed by atoms with van der Waals surface area (Å²) in [6.45, 7) is 3.03. The lowest BCUT2D eigenvalue weighted by atomic mass is 11.3. The van der Waals surface area contributed by atoms with Crippen molar-refractivity contribution in [3.8, 4) is 0 Å². The second-order valence-corrected chi connectivity index (χ2v) is 0.907. The van der Waals surface area contributed by atoms with Crippen LogP contribution in [0.3, 0.4) is 0 Å². The Kier molecular flexibility index (Phi) is 34.3. The number of hydrogen-bond donors (Lipinski definition) is 1. The first-order valence-corrected chi connectivity index (χ1v) is 2.04. The summed E-state index contributed by atoms with van der Waals surface area (Å²) in [6.07, 6.45) is 0. The third kappa shape index (κ3) is 278. The molecular formula is C3H5BrO2. The molecule has 0 aliphatic rings. The summed E-state index contributed by atoms with van der Waals surface area (Å²) in [5.41, 5.74) is 0. The molecule has 6 heavy (non-hydrogen) atoms. The molecule has 3 heteroatoms. The average Bonchev–Trinajstić information content (AvgIpc) is 1.39. The van der Waals surface area contributed by atoms with Gasteiger partial charge in [-0.25, -0.2) is 0 Å². The summed E-state index contributed by atoms with van der Waals surface area (Å²) in [5, 5.41) is 6.89. The monoisotopic (exact) mass is 152 g/mol. The smallest absolute Gasteiger partial charge is 0.290 e. The molecule has 0 aromatic heterocycles. The lowest BCUT2D eigenvalue weighted by Gasteiger charge is -1.34. The fourth-order valence-corrected chi connectivity index (χ4v) is 0. The minimum atomic E-state index is -0.250. The van der Waals surface area contributed by atoms with Gasteiger partial charge in [-0.1, -0.05) is 22.5 Å². The van der Waals surface area contributed by atoms with Crippen LogP contribution in [-0.4, -0.2) is 11.6 Å². The highest BCUT2D eigenvalue weighted by Gasteiger charge is 1.22. The SMILES string of the molecule is C=CBr.O=CO. The Bertz CT molecular complexity index is 29.8. The van der Waals surface area contributed by atoms with Crippen molar-refractivity contribution in [2.75, 3.05) is 0 Å². The molecule has 0 saturated carbocycles. The van der Waals surface area contributed by atoms with E-state index in [0.717, 1.165) is 0 Å². The summed E-state index contributed by atoms with van der Waals surface area (Å²) >= 11 is 2.91. The van der Waals surface area contributed by atoms with Gasteiger partial charge in [-0.3, -0.25) is 4.79 Å². The molecule has 0 rings (SSSR count). The van der Waals surface area contributed by atoms with E-state index in [1.165, 1.54) is 0 Å². The molecule has 0 unspecified atom stereocenters. The van der Waals surface area contributed by atoms with Gasteiger partial charge in [0.2, 0.25) is 0 Å². The van der Waals surface area contributed by atoms with Crippen molar-refractivity contribution in [1.29, 1.82) is 0 Å². The third-order valence-electron chi connectivity index (χ3n) is 0.